The summed E-state index contributed by atoms with van der Waals surface area (Å²) in [6.45, 7) is 0. The van der Waals surface area contributed by atoms with Crippen molar-refractivity contribution in [2.24, 2.45) is 0 Å². The van der Waals surface area contributed by atoms with Crippen LogP contribution in [0, 0.1) is 0 Å². The van der Waals surface area contributed by atoms with Gasteiger partial charge in [-0.15, -0.1) is 23.1 Å². The number of hydrogen-bond donors (Lipinski definition) is 0. The highest BCUT2D eigenvalue weighted by Crippen LogP contribution is 2.38. The molecule has 3 rings (SSSR count). The lowest BCUT2D eigenvalue weighted by Crippen LogP contribution is -1.97. The van der Waals surface area contributed by atoms with Crippen molar-refractivity contribution in [3.05, 3.63) is 77.2 Å². The summed E-state index contributed by atoms with van der Waals surface area (Å²) in [5.41, 5.74) is 1.91. The Morgan fingerprint density at radius 1 is 0.952 bits per heavy atom. The van der Waals surface area contributed by atoms with Crippen LogP contribution in [0.1, 0.15) is 15.2 Å². The Morgan fingerprint density at radius 3 is 2.19 bits per heavy atom. The first-order valence-corrected chi connectivity index (χ1v) is 8.66. The van der Waals surface area contributed by atoms with Crippen LogP contribution in [-0.2, 0) is 0 Å². The highest BCUT2D eigenvalue weighted by Gasteiger charge is 2.16. The Bertz CT molecular complexity index is 745. The number of benzene rings is 2. The zero-order chi connectivity index (χ0) is 14.7. The first-order chi connectivity index (χ1) is 10.3. The zero-order valence-electron chi connectivity index (χ0n) is 11.6. The minimum Gasteiger partial charge on any atom is -0.288 e. The van der Waals surface area contributed by atoms with Gasteiger partial charge in [-0.3, -0.25) is 4.79 Å². The molecular weight excluding hydrogens is 296 g/mol. The summed E-state index contributed by atoms with van der Waals surface area (Å²) in [4.78, 5) is 15.7. The fourth-order valence-corrected chi connectivity index (χ4v) is 4.17. The molecule has 1 heterocycles. The summed E-state index contributed by atoms with van der Waals surface area (Å²) in [7, 11) is 0. The van der Waals surface area contributed by atoms with Crippen molar-refractivity contribution in [2.75, 3.05) is 6.26 Å². The number of carbonyl (C=O) groups is 1. The fourth-order valence-electron chi connectivity index (χ4n) is 2.16. The molecule has 0 aliphatic heterocycles. The van der Waals surface area contributed by atoms with Crippen LogP contribution < -0.4 is 0 Å². The van der Waals surface area contributed by atoms with E-state index in [4.69, 9.17) is 0 Å². The van der Waals surface area contributed by atoms with Gasteiger partial charge in [0, 0.05) is 15.3 Å². The first kappa shape index (κ1) is 14.1. The standard InChI is InChI=1S/C18H14OS2/c1-20-16-12-15(17(19)13-8-4-2-5-9-13)21-18(16)14-10-6-3-7-11-14/h2-12H,1H3. The molecule has 0 bridgehead atoms. The van der Waals surface area contributed by atoms with E-state index in [9.17, 15) is 4.79 Å². The van der Waals surface area contributed by atoms with Crippen molar-refractivity contribution < 1.29 is 4.79 Å². The molecule has 21 heavy (non-hydrogen) atoms. The summed E-state index contributed by atoms with van der Waals surface area (Å²) in [6, 6.07) is 21.7. The number of thiophene rings is 1. The van der Waals surface area contributed by atoms with E-state index in [-0.39, 0.29) is 5.78 Å². The molecule has 0 amide bonds. The third kappa shape index (κ3) is 2.94. The number of rotatable bonds is 4. The maximum Gasteiger partial charge on any atom is 0.203 e. The van der Waals surface area contributed by atoms with Crippen LogP contribution in [-0.4, -0.2) is 12.0 Å². The molecule has 0 spiro atoms. The minimum atomic E-state index is 0.0954. The SMILES string of the molecule is CSc1cc(C(=O)c2ccccc2)sc1-c1ccccc1. The highest BCUT2D eigenvalue weighted by molar-refractivity contribution is 7.98. The third-order valence-electron chi connectivity index (χ3n) is 3.21. The summed E-state index contributed by atoms with van der Waals surface area (Å²) >= 11 is 3.25. The summed E-state index contributed by atoms with van der Waals surface area (Å²) in [5, 5.41) is 0. The van der Waals surface area contributed by atoms with Gasteiger partial charge in [0.25, 0.3) is 0 Å². The molecule has 0 aliphatic carbocycles. The minimum absolute atomic E-state index is 0.0954. The largest absolute Gasteiger partial charge is 0.288 e. The summed E-state index contributed by atoms with van der Waals surface area (Å²) < 4.78 is 0. The highest BCUT2D eigenvalue weighted by atomic mass is 32.2. The monoisotopic (exact) mass is 310 g/mol. The van der Waals surface area contributed by atoms with Gasteiger partial charge < -0.3 is 0 Å². The smallest absolute Gasteiger partial charge is 0.203 e. The van der Waals surface area contributed by atoms with Crippen LogP contribution >= 0.6 is 23.1 Å². The molecule has 1 nitrogen and oxygen atoms in total. The molecule has 1 aromatic heterocycles. The van der Waals surface area contributed by atoms with Gasteiger partial charge in [-0.05, 0) is 17.9 Å². The lowest BCUT2D eigenvalue weighted by atomic mass is 10.1. The second-order valence-corrected chi connectivity index (χ2v) is 6.47. The summed E-state index contributed by atoms with van der Waals surface area (Å²) in [5.74, 6) is 0.0954. The Morgan fingerprint density at radius 2 is 1.57 bits per heavy atom. The average molecular weight is 310 g/mol. The lowest BCUT2D eigenvalue weighted by molar-refractivity contribution is 0.104. The van der Waals surface area contributed by atoms with Crippen molar-refractivity contribution >= 4 is 28.9 Å². The topological polar surface area (TPSA) is 17.1 Å². The lowest BCUT2D eigenvalue weighted by Gasteiger charge is -1.99. The van der Waals surface area contributed by atoms with E-state index < -0.39 is 0 Å². The molecule has 3 aromatic rings. The van der Waals surface area contributed by atoms with Crippen LogP contribution in [0.15, 0.2) is 71.6 Å². The molecule has 3 heteroatoms. The zero-order valence-corrected chi connectivity index (χ0v) is 13.2. The normalized spacial score (nSPS) is 10.5. The third-order valence-corrected chi connectivity index (χ3v) is 5.29. The second kappa shape index (κ2) is 6.29. The van der Waals surface area contributed by atoms with Crippen molar-refractivity contribution in [1.82, 2.24) is 0 Å². The Labute approximate surface area is 132 Å². The Kier molecular flexibility index (Phi) is 4.23. The maximum absolute atomic E-state index is 12.6. The summed E-state index contributed by atoms with van der Waals surface area (Å²) in [6.07, 6.45) is 2.05. The number of ketones is 1. The van der Waals surface area contributed by atoms with Gasteiger partial charge in [0.2, 0.25) is 5.78 Å². The molecule has 0 atom stereocenters. The van der Waals surface area contributed by atoms with Crippen molar-refractivity contribution in [3.63, 3.8) is 0 Å². The molecule has 0 fully saturated rings. The first-order valence-electron chi connectivity index (χ1n) is 6.62. The van der Waals surface area contributed by atoms with E-state index in [1.807, 2.05) is 60.9 Å². The Balaban J connectivity index is 2.02. The van der Waals surface area contributed by atoms with E-state index in [0.717, 1.165) is 15.3 Å². The molecule has 0 N–H and O–H groups in total. The molecule has 2 aromatic carbocycles. The molecule has 0 aliphatic rings. The molecular formula is C18H14OS2. The van der Waals surface area contributed by atoms with Crippen molar-refractivity contribution in [2.45, 2.75) is 4.90 Å². The van der Waals surface area contributed by atoms with Gasteiger partial charge in [0.05, 0.1) is 4.88 Å². The average Bonchev–Trinajstić information content (AvgIpc) is 3.00. The van der Waals surface area contributed by atoms with E-state index in [1.54, 1.807) is 23.1 Å². The van der Waals surface area contributed by atoms with E-state index in [2.05, 4.69) is 12.1 Å². The molecule has 0 radical (unpaired) electrons. The van der Waals surface area contributed by atoms with Crippen LogP contribution in [0.25, 0.3) is 10.4 Å². The second-order valence-electron chi connectivity index (χ2n) is 4.57. The number of carbonyl (C=O) groups excluding carboxylic acids is 1. The van der Waals surface area contributed by atoms with Crippen LogP contribution in [0.2, 0.25) is 0 Å². The number of hydrogen-bond acceptors (Lipinski definition) is 3. The van der Waals surface area contributed by atoms with Gasteiger partial charge in [-0.25, -0.2) is 0 Å². The molecule has 0 unspecified atom stereocenters. The van der Waals surface area contributed by atoms with Crippen LogP contribution in [0.3, 0.4) is 0 Å². The van der Waals surface area contributed by atoms with E-state index in [0.29, 0.717) is 0 Å². The van der Waals surface area contributed by atoms with Crippen molar-refractivity contribution in [1.29, 1.82) is 0 Å². The molecule has 104 valence electrons. The molecule has 0 saturated heterocycles. The van der Waals surface area contributed by atoms with Crippen molar-refractivity contribution in [3.8, 4) is 10.4 Å². The van der Waals surface area contributed by atoms with E-state index in [1.165, 1.54) is 10.4 Å². The van der Waals surface area contributed by atoms with E-state index >= 15 is 0 Å². The van der Waals surface area contributed by atoms with Gasteiger partial charge in [0.15, 0.2) is 0 Å². The van der Waals surface area contributed by atoms with Gasteiger partial charge in [0.1, 0.15) is 0 Å². The predicted molar refractivity (Wildman–Crippen MR) is 91.4 cm³/mol. The predicted octanol–water partition coefficient (Wildman–Crippen LogP) is 5.37. The molecule has 0 saturated carbocycles. The Hall–Kier alpha value is -1.84. The van der Waals surface area contributed by atoms with Gasteiger partial charge in [-0.1, -0.05) is 60.7 Å². The fraction of sp³-hybridized carbons (Fsp3) is 0.0556. The quantitative estimate of drug-likeness (QED) is 0.476. The maximum atomic E-state index is 12.6. The number of thioether (sulfide) groups is 1. The van der Waals surface area contributed by atoms with Crippen LogP contribution in [0.4, 0.5) is 0 Å². The van der Waals surface area contributed by atoms with Crippen LogP contribution in [0.5, 0.6) is 0 Å². The van der Waals surface area contributed by atoms with Gasteiger partial charge in [-0.2, -0.15) is 0 Å². The van der Waals surface area contributed by atoms with Gasteiger partial charge >= 0.3 is 0 Å².